The molecule has 0 aliphatic heterocycles. The van der Waals surface area contributed by atoms with Gasteiger partial charge in [0.25, 0.3) is 10.0 Å². The number of aromatic nitrogens is 1. The summed E-state index contributed by atoms with van der Waals surface area (Å²) in [5, 5.41) is 9.09. The fourth-order valence-corrected chi connectivity index (χ4v) is 3.06. The van der Waals surface area contributed by atoms with Crippen molar-refractivity contribution in [2.24, 2.45) is 0 Å². The van der Waals surface area contributed by atoms with Crippen molar-refractivity contribution in [3.63, 3.8) is 0 Å². The molecule has 0 aliphatic carbocycles. The molecule has 104 valence electrons. The van der Waals surface area contributed by atoms with Crippen LogP contribution >= 0.6 is 0 Å². The molecule has 0 fully saturated rings. The van der Waals surface area contributed by atoms with Crippen LogP contribution < -0.4 is 4.31 Å². The number of nitrogens with zero attached hydrogens (tertiary/aromatic N) is 2. The number of sulfonamides is 1. The quantitative estimate of drug-likeness (QED) is 0.925. The summed E-state index contributed by atoms with van der Waals surface area (Å²) in [5.74, 6) is -1.29. The number of rotatable bonds is 4. The molecule has 1 aromatic carbocycles. The first-order chi connectivity index (χ1) is 9.44. The Hall–Kier alpha value is -2.41. The fourth-order valence-electron chi connectivity index (χ4n) is 1.69. The highest BCUT2D eigenvalue weighted by molar-refractivity contribution is 7.92. The van der Waals surface area contributed by atoms with Gasteiger partial charge in [0.2, 0.25) is 0 Å². The lowest BCUT2D eigenvalue weighted by Crippen LogP contribution is -2.28. The molecule has 0 saturated heterocycles. The van der Waals surface area contributed by atoms with E-state index in [4.69, 9.17) is 5.11 Å². The van der Waals surface area contributed by atoms with Crippen molar-refractivity contribution in [1.29, 1.82) is 0 Å². The summed E-state index contributed by atoms with van der Waals surface area (Å²) >= 11 is 0. The lowest BCUT2D eigenvalue weighted by molar-refractivity contribution is 0.0692. The molecule has 2 aromatic rings. The molecule has 2 rings (SSSR count). The van der Waals surface area contributed by atoms with Crippen molar-refractivity contribution in [3.05, 3.63) is 54.4 Å². The molecule has 1 N–H and O–H groups in total. The maximum Gasteiger partial charge on any atom is 0.337 e. The molecule has 6 nitrogen and oxygen atoms in total. The molecule has 0 radical (unpaired) electrons. The van der Waals surface area contributed by atoms with Crippen LogP contribution in [0.2, 0.25) is 0 Å². The van der Waals surface area contributed by atoms with Gasteiger partial charge >= 0.3 is 5.97 Å². The number of hydrogen-bond donors (Lipinski definition) is 1. The largest absolute Gasteiger partial charge is 0.478 e. The van der Waals surface area contributed by atoms with Gasteiger partial charge in [0.1, 0.15) is 4.90 Å². The standard InChI is InChI=1S/C13H12N2O4S/c1-15(10-5-4-8-14-9-10)20(18,19)12-7-3-2-6-11(12)13(16)17/h2-9H,1H3,(H,16,17). The molecule has 0 bridgehead atoms. The number of aromatic carboxylic acids is 1. The van der Waals surface area contributed by atoms with E-state index in [1.165, 1.54) is 43.7 Å². The second-order valence-corrected chi connectivity index (χ2v) is 5.92. The first-order valence-corrected chi connectivity index (χ1v) is 7.10. The van der Waals surface area contributed by atoms with Gasteiger partial charge < -0.3 is 5.11 Å². The van der Waals surface area contributed by atoms with E-state index < -0.39 is 16.0 Å². The molecule has 1 heterocycles. The van der Waals surface area contributed by atoms with E-state index >= 15 is 0 Å². The number of benzene rings is 1. The third-order valence-corrected chi connectivity index (χ3v) is 4.61. The zero-order valence-electron chi connectivity index (χ0n) is 10.6. The Balaban J connectivity index is 2.54. The molecular formula is C13H12N2O4S. The van der Waals surface area contributed by atoms with Crippen LogP contribution in [0.4, 0.5) is 5.69 Å². The Morgan fingerprint density at radius 3 is 2.50 bits per heavy atom. The zero-order valence-corrected chi connectivity index (χ0v) is 11.4. The minimum absolute atomic E-state index is 0.251. The predicted molar refractivity (Wildman–Crippen MR) is 73.2 cm³/mol. The van der Waals surface area contributed by atoms with Crippen LogP contribution in [0.1, 0.15) is 10.4 Å². The molecule has 7 heteroatoms. The van der Waals surface area contributed by atoms with Crippen LogP contribution in [0, 0.1) is 0 Å². The van der Waals surface area contributed by atoms with Crippen molar-refractivity contribution < 1.29 is 18.3 Å². The molecular weight excluding hydrogens is 280 g/mol. The van der Waals surface area contributed by atoms with Crippen LogP contribution in [0.25, 0.3) is 0 Å². The number of carbonyl (C=O) groups is 1. The van der Waals surface area contributed by atoms with Gasteiger partial charge in [-0.15, -0.1) is 0 Å². The van der Waals surface area contributed by atoms with E-state index in [0.717, 1.165) is 4.31 Å². The summed E-state index contributed by atoms with van der Waals surface area (Å²) in [6.07, 6.45) is 2.91. The Labute approximate surface area is 116 Å². The zero-order chi connectivity index (χ0) is 14.8. The van der Waals surface area contributed by atoms with E-state index in [0.29, 0.717) is 5.69 Å². The van der Waals surface area contributed by atoms with E-state index in [2.05, 4.69) is 4.98 Å². The van der Waals surface area contributed by atoms with Gasteiger partial charge in [0.05, 0.1) is 17.4 Å². The summed E-state index contributed by atoms with van der Waals surface area (Å²) in [7, 11) is -2.60. The van der Waals surface area contributed by atoms with Crippen LogP contribution in [-0.2, 0) is 10.0 Å². The van der Waals surface area contributed by atoms with Gasteiger partial charge in [-0.1, -0.05) is 12.1 Å². The van der Waals surface area contributed by atoms with Crippen molar-refractivity contribution in [1.82, 2.24) is 4.98 Å². The van der Waals surface area contributed by atoms with Crippen molar-refractivity contribution >= 4 is 21.7 Å². The number of carboxylic acid groups (broad SMARTS) is 1. The van der Waals surface area contributed by atoms with Gasteiger partial charge in [-0.3, -0.25) is 9.29 Å². The summed E-state index contributed by atoms with van der Waals surface area (Å²) in [5.41, 5.74) is 0.0935. The second kappa shape index (κ2) is 5.30. The lowest BCUT2D eigenvalue weighted by Gasteiger charge is -2.19. The molecule has 0 saturated carbocycles. The first kappa shape index (κ1) is 14.0. The number of hydrogen-bond acceptors (Lipinski definition) is 4. The average Bonchev–Trinajstić information content (AvgIpc) is 2.47. The molecule has 20 heavy (non-hydrogen) atoms. The van der Waals surface area contributed by atoms with Gasteiger partial charge in [0, 0.05) is 13.2 Å². The normalized spacial score (nSPS) is 11.1. The van der Waals surface area contributed by atoms with Crippen molar-refractivity contribution in [2.75, 3.05) is 11.4 Å². The second-order valence-electron chi connectivity index (χ2n) is 3.99. The van der Waals surface area contributed by atoms with E-state index in [9.17, 15) is 13.2 Å². The first-order valence-electron chi connectivity index (χ1n) is 5.66. The van der Waals surface area contributed by atoms with Crippen LogP contribution in [0.3, 0.4) is 0 Å². The van der Waals surface area contributed by atoms with Gasteiger partial charge in [-0.2, -0.15) is 0 Å². The molecule has 0 aliphatic rings. The maximum atomic E-state index is 12.5. The van der Waals surface area contributed by atoms with Gasteiger partial charge in [0.15, 0.2) is 0 Å². The Morgan fingerprint density at radius 2 is 1.90 bits per heavy atom. The highest BCUT2D eigenvalue weighted by Crippen LogP contribution is 2.23. The third-order valence-electron chi connectivity index (χ3n) is 2.77. The lowest BCUT2D eigenvalue weighted by atomic mass is 10.2. The topological polar surface area (TPSA) is 87.6 Å². The molecule has 1 aromatic heterocycles. The average molecular weight is 292 g/mol. The number of anilines is 1. The number of pyridine rings is 1. The predicted octanol–water partition coefficient (Wildman–Crippen LogP) is 1.60. The van der Waals surface area contributed by atoms with Gasteiger partial charge in [-0.05, 0) is 24.3 Å². The highest BCUT2D eigenvalue weighted by Gasteiger charge is 2.26. The van der Waals surface area contributed by atoms with Crippen LogP contribution in [0.5, 0.6) is 0 Å². The minimum Gasteiger partial charge on any atom is -0.478 e. The molecule has 0 amide bonds. The minimum atomic E-state index is -3.96. The molecule has 0 unspecified atom stereocenters. The summed E-state index contributed by atoms with van der Waals surface area (Å²) in [6.45, 7) is 0. The fraction of sp³-hybridized carbons (Fsp3) is 0.0769. The molecule has 0 atom stereocenters. The van der Waals surface area contributed by atoms with Crippen molar-refractivity contribution in [2.45, 2.75) is 4.90 Å². The summed E-state index contributed by atoms with van der Waals surface area (Å²) < 4.78 is 26.0. The Kier molecular flexibility index (Phi) is 3.71. The number of carboxylic acids is 1. The van der Waals surface area contributed by atoms with E-state index in [1.807, 2.05) is 0 Å². The Morgan fingerprint density at radius 1 is 1.20 bits per heavy atom. The SMILES string of the molecule is CN(c1cccnc1)S(=O)(=O)c1ccccc1C(=O)O. The van der Waals surface area contributed by atoms with Crippen molar-refractivity contribution in [3.8, 4) is 0 Å². The summed E-state index contributed by atoms with van der Waals surface area (Å²) in [6, 6.07) is 8.67. The molecule has 0 spiro atoms. The van der Waals surface area contributed by atoms with Gasteiger partial charge in [-0.25, -0.2) is 13.2 Å². The van der Waals surface area contributed by atoms with Crippen LogP contribution in [-0.4, -0.2) is 31.5 Å². The smallest absolute Gasteiger partial charge is 0.337 e. The van der Waals surface area contributed by atoms with E-state index in [1.54, 1.807) is 12.1 Å². The van der Waals surface area contributed by atoms with Crippen LogP contribution in [0.15, 0.2) is 53.7 Å². The summed E-state index contributed by atoms with van der Waals surface area (Å²) in [4.78, 5) is 14.7. The third kappa shape index (κ3) is 2.48. The monoisotopic (exact) mass is 292 g/mol. The van der Waals surface area contributed by atoms with E-state index in [-0.39, 0.29) is 10.5 Å². The Bertz CT molecular complexity index is 729. The maximum absolute atomic E-state index is 12.5. The highest BCUT2D eigenvalue weighted by atomic mass is 32.2.